The molecule has 3 nitrogen and oxygen atoms in total. The first-order valence-electron chi connectivity index (χ1n) is 8.75. The molecule has 2 heterocycles. The molecule has 130 valence electrons. The highest BCUT2D eigenvalue weighted by molar-refractivity contribution is 8.15. The lowest BCUT2D eigenvalue weighted by molar-refractivity contribution is -0.125. The van der Waals surface area contributed by atoms with Gasteiger partial charge in [-0.25, -0.2) is 4.99 Å². The van der Waals surface area contributed by atoms with Crippen LogP contribution in [0.25, 0.3) is 5.70 Å². The summed E-state index contributed by atoms with van der Waals surface area (Å²) in [4.78, 5) is 20.7. The van der Waals surface area contributed by atoms with E-state index in [1.807, 2.05) is 4.90 Å². The molecule has 1 aliphatic carbocycles. The second-order valence-corrected chi connectivity index (χ2v) is 8.48. The van der Waals surface area contributed by atoms with Gasteiger partial charge in [0.15, 0.2) is 5.17 Å². The van der Waals surface area contributed by atoms with Gasteiger partial charge in [0, 0.05) is 10.5 Å². The molecular formula is C21H18N2OS2. The Morgan fingerprint density at radius 2 is 1.92 bits per heavy atom. The fourth-order valence-corrected chi connectivity index (χ4v) is 5.33. The highest BCUT2D eigenvalue weighted by Gasteiger charge is 2.42. The number of nitrogens with zero attached hydrogens (tertiary/aromatic N) is 2. The Morgan fingerprint density at radius 1 is 1.12 bits per heavy atom. The Kier molecular flexibility index (Phi) is 3.94. The summed E-state index contributed by atoms with van der Waals surface area (Å²) >= 11 is 3.30. The number of aliphatic imine (C=N–C) groups is 1. The molecule has 2 aromatic carbocycles. The first-order chi connectivity index (χ1) is 12.8. The quantitative estimate of drug-likeness (QED) is 0.707. The van der Waals surface area contributed by atoms with Crippen LogP contribution in [-0.2, 0) is 11.2 Å². The number of thioether (sulfide) groups is 2. The predicted molar refractivity (Wildman–Crippen MR) is 109 cm³/mol. The lowest BCUT2D eigenvalue weighted by Crippen LogP contribution is -2.38. The number of hydrogen-bond donors (Lipinski definition) is 0. The summed E-state index contributed by atoms with van der Waals surface area (Å²) in [6.45, 7) is 0. The van der Waals surface area contributed by atoms with Crippen molar-refractivity contribution in [1.29, 1.82) is 0 Å². The molecule has 2 aliphatic heterocycles. The molecular weight excluding hydrogens is 360 g/mol. The van der Waals surface area contributed by atoms with Crippen molar-refractivity contribution in [3.05, 3.63) is 70.8 Å². The van der Waals surface area contributed by atoms with Gasteiger partial charge < -0.3 is 0 Å². The number of amides is 1. The van der Waals surface area contributed by atoms with Gasteiger partial charge in [0.05, 0.1) is 17.5 Å². The van der Waals surface area contributed by atoms with Crippen LogP contribution >= 0.6 is 23.5 Å². The van der Waals surface area contributed by atoms with Gasteiger partial charge in [-0.3, -0.25) is 9.69 Å². The normalized spacial score (nSPS) is 21.3. The molecule has 0 aromatic heterocycles. The second kappa shape index (κ2) is 6.32. The highest BCUT2D eigenvalue weighted by atomic mass is 32.2. The molecule has 0 bridgehead atoms. The summed E-state index contributed by atoms with van der Waals surface area (Å²) < 4.78 is 0. The van der Waals surface area contributed by atoms with Crippen molar-refractivity contribution in [3.8, 4) is 0 Å². The summed E-state index contributed by atoms with van der Waals surface area (Å²) in [5, 5.41) is 0.851. The molecule has 1 fully saturated rings. The van der Waals surface area contributed by atoms with E-state index < -0.39 is 0 Å². The van der Waals surface area contributed by atoms with Crippen molar-refractivity contribution < 1.29 is 4.79 Å². The van der Waals surface area contributed by atoms with Crippen LogP contribution in [0.15, 0.2) is 64.0 Å². The maximum absolute atomic E-state index is 12.6. The smallest absolute Gasteiger partial charge is 0.239 e. The van der Waals surface area contributed by atoms with Gasteiger partial charge in [-0.05, 0) is 47.9 Å². The van der Waals surface area contributed by atoms with Crippen molar-refractivity contribution in [2.75, 3.05) is 12.0 Å². The van der Waals surface area contributed by atoms with Crippen LogP contribution in [0.4, 0.5) is 0 Å². The summed E-state index contributed by atoms with van der Waals surface area (Å²) in [5.41, 5.74) is 6.12. The third-order valence-electron chi connectivity index (χ3n) is 5.27. The maximum Gasteiger partial charge on any atom is 0.239 e. The average Bonchev–Trinajstić information content (AvgIpc) is 3.07. The van der Waals surface area contributed by atoms with Crippen LogP contribution in [0, 0.1) is 0 Å². The number of rotatable bonds is 2. The van der Waals surface area contributed by atoms with E-state index in [1.165, 1.54) is 27.2 Å². The van der Waals surface area contributed by atoms with Crippen LogP contribution in [0.2, 0.25) is 0 Å². The van der Waals surface area contributed by atoms with Crippen LogP contribution in [0.3, 0.4) is 0 Å². The lowest BCUT2D eigenvalue weighted by atomic mass is 9.82. The van der Waals surface area contributed by atoms with Crippen molar-refractivity contribution in [2.45, 2.75) is 23.8 Å². The van der Waals surface area contributed by atoms with E-state index in [4.69, 9.17) is 4.99 Å². The van der Waals surface area contributed by atoms with Crippen LogP contribution in [0.1, 0.15) is 29.2 Å². The molecule has 0 N–H and O–H groups in total. The molecule has 3 aliphatic rings. The molecule has 26 heavy (non-hydrogen) atoms. The monoisotopic (exact) mass is 378 g/mol. The van der Waals surface area contributed by atoms with Crippen molar-refractivity contribution >= 4 is 40.3 Å². The summed E-state index contributed by atoms with van der Waals surface area (Å²) in [6, 6.07) is 17.1. The average molecular weight is 379 g/mol. The number of amidine groups is 1. The molecule has 2 aromatic rings. The van der Waals surface area contributed by atoms with Crippen LogP contribution in [-0.4, -0.2) is 28.0 Å². The van der Waals surface area contributed by atoms with Gasteiger partial charge in [0.1, 0.15) is 0 Å². The van der Waals surface area contributed by atoms with E-state index in [0.29, 0.717) is 5.75 Å². The Bertz CT molecular complexity index is 962. The summed E-state index contributed by atoms with van der Waals surface area (Å²) in [6.07, 6.45) is 4.04. The minimum atomic E-state index is -0.0238. The van der Waals surface area contributed by atoms with Gasteiger partial charge in [0.25, 0.3) is 0 Å². The Hall–Kier alpha value is -1.98. The van der Waals surface area contributed by atoms with E-state index in [9.17, 15) is 4.79 Å². The van der Waals surface area contributed by atoms with Gasteiger partial charge in [-0.2, -0.15) is 0 Å². The first kappa shape index (κ1) is 16.2. The molecule has 1 amide bonds. The van der Waals surface area contributed by atoms with Crippen LogP contribution < -0.4 is 0 Å². The zero-order valence-corrected chi connectivity index (χ0v) is 16.1. The lowest BCUT2D eigenvalue weighted by Gasteiger charge is -2.37. The Labute approximate surface area is 161 Å². The fourth-order valence-electron chi connectivity index (χ4n) is 4.03. The Balaban J connectivity index is 1.69. The standard InChI is InChI=1S/C21H18N2OS2/c1-25-15-9-6-14(7-10-15)20-17-11-8-13-4-2-3-5-16(13)19(17)22-21-23(20)18(24)12-26-21/h2-7,9-10,20H,8,11-12H2,1H3. The third kappa shape index (κ3) is 2.45. The maximum atomic E-state index is 12.6. The van der Waals surface area contributed by atoms with Crippen LogP contribution in [0.5, 0.6) is 0 Å². The van der Waals surface area contributed by atoms with E-state index in [-0.39, 0.29) is 11.9 Å². The molecule has 1 saturated heterocycles. The molecule has 5 rings (SSSR count). The summed E-state index contributed by atoms with van der Waals surface area (Å²) in [5.74, 6) is 0.651. The number of fused-ring (bicyclic) bond motifs is 3. The Morgan fingerprint density at radius 3 is 2.73 bits per heavy atom. The van der Waals surface area contributed by atoms with E-state index >= 15 is 0 Å². The fraction of sp³-hybridized carbons (Fsp3) is 0.238. The van der Waals surface area contributed by atoms with Crippen molar-refractivity contribution in [2.24, 2.45) is 4.99 Å². The number of aryl methyl sites for hydroxylation is 1. The third-order valence-corrected chi connectivity index (χ3v) is 6.95. The minimum Gasteiger partial charge on any atom is -0.279 e. The van der Waals surface area contributed by atoms with Gasteiger partial charge >= 0.3 is 0 Å². The second-order valence-electron chi connectivity index (χ2n) is 6.65. The van der Waals surface area contributed by atoms with Crippen molar-refractivity contribution in [3.63, 3.8) is 0 Å². The number of carbonyl (C=O) groups excluding carboxylic acids is 1. The number of hydrogen-bond acceptors (Lipinski definition) is 4. The molecule has 0 spiro atoms. The van der Waals surface area contributed by atoms with E-state index in [0.717, 1.165) is 23.7 Å². The summed E-state index contributed by atoms with van der Waals surface area (Å²) in [7, 11) is 0. The highest BCUT2D eigenvalue weighted by Crippen LogP contribution is 2.47. The molecule has 0 saturated carbocycles. The molecule has 1 unspecified atom stereocenters. The minimum absolute atomic E-state index is 0.0238. The topological polar surface area (TPSA) is 32.7 Å². The SMILES string of the molecule is CSc1ccc(C2C3=C(N=C4SCC(=O)N42)c2ccccc2CC3)cc1. The van der Waals surface area contributed by atoms with E-state index in [2.05, 4.69) is 54.8 Å². The predicted octanol–water partition coefficient (Wildman–Crippen LogP) is 4.75. The molecule has 1 atom stereocenters. The first-order valence-corrected chi connectivity index (χ1v) is 11.0. The number of benzene rings is 2. The van der Waals surface area contributed by atoms with Gasteiger partial charge in [0.2, 0.25) is 5.91 Å². The molecule has 0 radical (unpaired) electrons. The van der Waals surface area contributed by atoms with Gasteiger partial charge in [-0.15, -0.1) is 11.8 Å². The number of carbonyl (C=O) groups is 1. The van der Waals surface area contributed by atoms with Crippen molar-refractivity contribution in [1.82, 2.24) is 4.90 Å². The zero-order valence-electron chi connectivity index (χ0n) is 14.4. The molecule has 5 heteroatoms. The van der Waals surface area contributed by atoms with Gasteiger partial charge in [-0.1, -0.05) is 48.2 Å². The van der Waals surface area contributed by atoms with E-state index in [1.54, 1.807) is 23.5 Å². The largest absolute Gasteiger partial charge is 0.279 e. The zero-order chi connectivity index (χ0) is 17.7.